The Bertz CT molecular complexity index is 1110. The van der Waals surface area contributed by atoms with Gasteiger partial charge in [-0.15, -0.1) is 0 Å². The summed E-state index contributed by atoms with van der Waals surface area (Å²) >= 11 is 0. The number of quaternary nitrogens is 1. The highest BCUT2D eigenvalue weighted by molar-refractivity contribution is 6.05. The monoisotopic (exact) mass is 432 g/mol. The molecule has 5 heteroatoms. The second-order valence-corrected chi connectivity index (χ2v) is 8.65. The van der Waals surface area contributed by atoms with Gasteiger partial charge in [-0.05, 0) is 57.2 Å². The van der Waals surface area contributed by atoms with Gasteiger partial charge in [-0.1, -0.05) is 54.1 Å². The molecule has 3 aromatic carbocycles. The predicted molar refractivity (Wildman–Crippen MR) is 132 cm³/mol. The lowest BCUT2D eigenvalue weighted by Gasteiger charge is -2.28. The molecule has 3 rings (SSSR count). The molecule has 0 aliphatic carbocycles. The maximum absolute atomic E-state index is 13.4. The molecular formula is C27H34N3O2+. The molecule has 1 unspecified atom stereocenters. The Labute approximate surface area is 191 Å². The van der Waals surface area contributed by atoms with Crippen LogP contribution in [0, 0.1) is 20.8 Å². The highest BCUT2D eigenvalue weighted by Crippen LogP contribution is 2.27. The number of fused-ring (bicyclic) bond motifs is 1. The average molecular weight is 433 g/mol. The fraction of sp³-hybridized carbons (Fsp3) is 0.333. The molecule has 5 nitrogen and oxygen atoms in total. The van der Waals surface area contributed by atoms with Gasteiger partial charge in [-0.3, -0.25) is 9.59 Å². The molecule has 168 valence electrons. The molecule has 0 fully saturated rings. The number of benzene rings is 3. The van der Waals surface area contributed by atoms with E-state index in [1.54, 1.807) is 0 Å². The summed E-state index contributed by atoms with van der Waals surface area (Å²) in [6, 6.07) is 17.9. The molecule has 0 aliphatic heterocycles. The van der Waals surface area contributed by atoms with Gasteiger partial charge in [-0.25, -0.2) is 0 Å². The predicted octanol–water partition coefficient (Wildman–Crippen LogP) is 3.66. The molecule has 0 spiro atoms. The molecule has 0 saturated carbocycles. The zero-order valence-corrected chi connectivity index (χ0v) is 20.0. The lowest BCUT2D eigenvalue weighted by atomic mass is 10.1. The van der Waals surface area contributed by atoms with Gasteiger partial charge in [0.2, 0.25) is 0 Å². The Morgan fingerprint density at radius 1 is 1.00 bits per heavy atom. The Kier molecular flexibility index (Phi) is 7.31. The van der Waals surface area contributed by atoms with Crippen LogP contribution in [0.4, 0.5) is 11.4 Å². The van der Waals surface area contributed by atoms with Crippen LogP contribution >= 0.6 is 0 Å². The molecule has 0 aromatic heterocycles. The van der Waals surface area contributed by atoms with Crippen molar-refractivity contribution in [1.82, 2.24) is 0 Å². The maximum atomic E-state index is 13.4. The van der Waals surface area contributed by atoms with E-state index in [2.05, 4.69) is 29.6 Å². The van der Waals surface area contributed by atoms with E-state index < -0.39 is 0 Å². The Morgan fingerprint density at radius 3 is 2.28 bits per heavy atom. The van der Waals surface area contributed by atoms with Crippen molar-refractivity contribution in [2.75, 3.05) is 30.4 Å². The van der Waals surface area contributed by atoms with Crippen LogP contribution in [0.5, 0.6) is 0 Å². The van der Waals surface area contributed by atoms with Crippen molar-refractivity contribution in [3.05, 3.63) is 71.3 Å². The van der Waals surface area contributed by atoms with Crippen molar-refractivity contribution in [2.24, 2.45) is 0 Å². The number of nitrogens with one attached hydrogen (secondary N) is 2. The van der Waals surface area contributed by atoms with Gasteiger partial charge in [0.05, 0.1) is 12.7 Å². The van der Waals surface area contributed by atoms with E-state index in [0.717, 1.165) is 38.2 Å². The molecular weight excluding hydrogens is 398 g/mol. The number of anilines is 2. The first-order valence-corrected chi connectivity index (χ1v) is 11.2. The number of aryl methyl sites for hydroxylation is 3. The van der Waals surface area contributed by atoms with Crippen molar-refractivity contribution in [2.45, 2.75) is 40.7 Å². The summed E-state index contributed by atoms with van der Waals surface area (Å²) < 4.78 is 0. The zero-order chi connectivity index (χ0) is 23.4. The third-order valence-corrected chi connectivity index (χ3v) is 6.13. The van der Waals surface area contributed by atoms with Crippen LogP contribution in [-0.4, -0.2) is 38.0 Å². The summed E-state index contributed by atoms with van der Waals surface area (Å²) in [5.41, 5.74) is 5.04. The molecule has 0 bridgehead atoms. The summed E-state index contributed by atoms with van der Waals surface area (Å²) in [4.78, 5) is 28.9. The first kappa shape index (κ1) is 23.5. The molecule has 0 saturated heterocycles. The molecule has 2 N–H and O–H groups in total. The van der Waals surface area contributed by atoms with E-state index >= 15 is 0 Å². The van der Waals surface area contributed by atoms with E-state index in [1.165, 1.54) is 5.56 Å². The third kappa shape index (κ3) is 5.00. The minimum atomic E-state index is -0.361. The molecule has 0 radical (unpaired) electrons. The summed E-state index contributed by atoms with van der Waals surface area (Å²) in [7, 11) is 1.90. The first-order valence-electron chi connectivity index (χ1n) is 11.2. The van der Waals surface area contributed by atoms with Crippen molar-refractivity contribution in [1.29, 1.82) is 0 Å². The largest absolute Gasteiger partial charge is 0.321 e. The third-order valence-electron chi connectivity index (χ3n) is 6.13. The molecule has 32 heavy (non-hydrogen) atoms. The van der Waals surface area contributed by atoms with E-state index in [4.69, 9.17) is 0 Å². The van der Waals surface area contributed by atoms with Gasteiger partial charge in [0.15, 0.2) is 12.6 Å². The summed E-state index contributed by atoms with van der Waals surface area (Å²) in [5, 5.41) is 5.20. The van der Waals surface area contributed by atoms with Crippen molar-refractivity contribution in [3.8, 4) is 0 Å². The van der Waals surface area contributed by atoms with E-state index in [9.17, 15) is 9.59 Å². The quantitative estimate of drug-likeness (QED) is 0.599. The highest BCUT2D eigenvalue weighted by Gasteiger charge is 2.29. The smallest absolute Gasteiger partial charge is 0.284 e. The average Bonchev–Trinajstić information content (AvgIpc) is 2.76. The number of hydrogen-bond acceptors (Lipinski definition) is 2. The Hall–Kier alpha value is -3.18. The van der Waals surface area contributed by atoms with Crippen LogP contribution in [0.25, 0.3) is 10.8 Å². The van der Waals surface area contributed by atoms with Gasteiger partial charge in [0, 0.05) is 17.6 Å². The molecule has 3 aromatic rings. The minimum absolute atomic E-state index is 0.0110. The summed E-state index contributed by atoms with van der Waals surface area (Å²) in [6.07, 6.45) is 0. The maximum Gasteiger partial charge on any atom is 0.284 e. The van der Waals surface area contributed by atoms with E-state index in [-0.39, 0.29) is 24.4 Å². The molecule has 2 amide bonds. The fourth-order valence-corrected chi connectivity index (χ4v) is 4.30. The Morgan fingerprint density at radius 2 is 1.62 bits per heavy atom. The van der Waals surface area contributed by atoms with Crippen molar-refractivity contribution >= 4 is 34.0 Å². The van der Waals surface area contributed by atoms with Gasteiger partial charge >= 0.3 is 0 Å². The second-order valence-electron chi connectivity index (χ2n) is 8.65. The first-order chi connectivity index (χ1) is 15.2. The number of likely N-dealkylation sites (N-methyl/N-ethyl adjacent to an activating group) is 2. The lowest BCUT2D eigenvalue weighted by molar-refractivity contribution is -0.885. The van der Waals surface area contributed by atoms with Gasteiger partial charge < -0.3 is 15.1 Å². The van der Waals surface area contributed by atoms with Crippen LogP contribution in [0.3, 0.4) is 0 Å². The number of amides is 2. The number of hydrogen-bond donors (Lipinski definition) is 2. The van der Waals surface area contributed by atoms with Gasteiger partial charge in [0.25, 0.3) is 11.8 Å². The SMILES string of the molecule is CCN(C(=O)[C@H](C)[NH+](C)CC(=O)Nc1c(C)cc(C)cc1C)c1cccc2ccccc12. The van der Waals surface area contributed by atoms with Crippen LogP contribution < -0.4 is 15.1 Å². The lowest BCUT2D eigenvalue weighted by Crippen LogP contribution is -3.15. The van der Waals surface area contributed by atoms with Crippen LogP contribution in [0.1, 0.15) is 30.5 Å². The molecule has 2 atom stereocenters. The van der Waals surface area contributed by atoms with Crippen LogP contribution in [0.15, 0.2) is 54.6 Å². The number of carbonyl (C=O) groups is 2. The number of rotatable bonds is 7. The second kappa shape index (κ2) is 9.96. The van der Waals surface area contributed by atoms with Crippen molar-refractivity contribution in [3.63, 3.8) is 0 Å². The topological polar surface area (TPSA) is 53.9 Å². The molecule has 0 aliphatic rings. The van der Waals surface area contributed by atoms with Gasteiger partial charge in [-0.2, -0.15) is 0 Å². The summed E-state index contributed by atoms with van der Waals surface area (Å²) in [6.45, 7) is 10.7. The number of carbonyl (C=O) groups excluding carboxylic acids is 2. The van der Waals surface area contributed by atoms with Gasteiger partial charge in [0.1, 0.15) is 0 Å². The van der Waals surface area contributed by atoms with Crippen molar-refractivity contribution < 1.29 is 14.5 Å². The highest BCUT2D eigenvalue weighted by atomic mass is 16.2. The standard InChI is InChI=1S/C27H33N3O2/c1-7-30(24-14-10-12-22-11-8-9-13-23(22)24)27(32)21(5)29(6)17-25(31)28-26-19(3)15-18(2)16-20(26)4/h8-16,21H,7,17H2,1-6H3,(H,28,31)/p+1/t21-/m0/s1. The minimum Gasteiger partial charge on any atom is -0.321 e. The van der Waals surface area contributed by atoms with E-state index in [0.29, 0.717) is 6.54 Å². The zero-order valence-electron chi connectivity index (χ0n) is 20.0. The van der Waals surface area contributed by atoms with Crippen LogP contribution in [-0.2, 0) is 9.59 Å². The normalized spacial score (nSPS) is 12.9. The number of nitrogens with zero attached hydrogens (tertiary/aromatic N) is 1. The van der Waals surface area contributed by atoms with Crippen LogP contribution in [0.2, 0.25) is 0 Å². The Balaban J connectivity index is 1.73. The van der Waals surface area contributed by atoms with E-state index in [1.807, 2.05) is 76.9 Å². The summed E-state index contributed by atoms with van der Waals surface area (Å²) in [5.74, 6) is -0.0812. The fourth-order valence-electron chi connectivity index (χ4n) is 4.30. The molecule has 0 heterocycles.